The first kappa shape index (κ1) is 34.8. The van der Waals surface area contributed by atoms with E-state index in [0.717, 1.165) is 51.1 Å². The first-order valence-electron chi connectivity index (χ1n) is 16.7. The number of aromatic nitrogens is 1. The van der Waals surface area contributed by atoms with Crippen LogP contribution in [0.5, 0.6) is 0 Å². The van der Waals surface area contributed by atoms with Crippen molar-refractivity contribution in [2.75, 3.05) is 30.3 Å². The number of nitrogens with two attached hydrogens (primary N) is 1. The van der Waals surface area contributed by atoms with E-state index >= 15 is 0 Å². The molecular weight excluding hydrogens is 658 g/mol. The molecule has 3 heterocycles. The lowest BCUT2D eigenvalue weighted by molar-refractivity contribution is 0.0988. The molecule has 0 saturated carbocycles. The summed E-state index contributed by atoms with van der Waals surface area (Å²) in [5.41, 5.74) is 13.9. The fourth-order valence-corrected chi connectivity index (χ4v) is 7.16. The van der Waals surface area contributed by atoms with Gasteiger partial charge in [0.05, 0.1) is 38.6 Å². The third kappa shape index (κ3) is 7.73. The normalized spacial score (nSPS) is 16.7. The second kappa shape index (κ2) is 14.4. The van der Waals surface area contributed by atoms with E-state index < -0.39 is 5.82 Å². The van der Waals surface area contributed by atoms with Gasteiger partial charge in [0, 0.05) is 66.9 Å². The molecule has 0 spiro atoms. The molecule has 0 unspecified atom stereocenters. The molecule has 2 aliphatic rings. The number of anilines is 3. The summed E-state index contributed by atoms with van der Waals surface area (Å²) >= 11 is 12.9. The Labute approximate surface area is 298 Å². The van der Waals surface area contributed by atoms with Crippen LogP contribution in [0, 0.1) is 17.1 Å². The zero-order chi connectivity index (χ0) is 34.9. The lowest BCUT2D eigenvalue weighted by Crippen LogP contribution is -2.49. The molecule has 3 aromatic carbocycles. The molecule has 2 aliphatic heterocycles. The molecular formula is C38H43Cl2FN8. The van der Waals surface area contributed by atoms with Gasteiger partial charge in [-0.05, 0) is 87.2 Å². The van der Waals surface area contributed by atoms with Gasteiger partial charge >= 0.3 is 0 Å². The van der Waals surface area contributed by atoms with E-state index in [1.54, 1.807) is 6.07 Å². The van der Waals surface area contributed by atoms with Gasteiger partial charge in [0.25, 0.3) is 0 Å². The van der Waals surface area contributed by atoms with Crippen molar-refractivity contribution >= 4 is 51.2 Å². The molecule has 1 saturated heterocycles. The van der Waals surface area contributed by atoms with Crippen molar-refractivity contribution in [3.05, 3.63) is 105 Å². The number of piperidine rings is 1. The Bertz CT molecular complexity index is 1920. The molecule has 5 N–H and O–H groups in total. The fourth-order valence-electron chi connectivity index (χ4n) is 6.71. The topological polar surface area (TPSA) is 105 Å². The maximum atomic E-state index is 13.9. The number of nitrogens with one attached hydrogen (secondary N) is 3. The molecule has 0 bridgehead atoms. The lowest BCUT2D eigenvalue weighted by atomic mass is 9.97. The van der Waals surface area contributed by atoms with Crippen LogP contribution in [0.1, 0.15) is 68.8 Å². The third-order valence-corrected chi connectivity index (χ3v) is 10.2. The number of halogens is 3. The maximum absolute atomic E-state index is 13.9. The predicted octanol–water partition coefficient (Wildman–Crippen LogP) is 8.44. The molecule has 6 rings (SSSR count). The molecule has 4 aromatic rings. The number of hydrogen-bond donors (Lipinski definition) is 4. The van der Waals surface area contributed by atoms with Crippen LogP contribution in [0.3, 0.4) is 0 Å². The highest BCUT2D eigenvalue weighted by atomic mass is 35.5. The van der Waals surface area contributed by atoms with Crippen molar-refractivity contribution in [1.29, 1.82) is 5.26 Å². The molecule has 0 aliphatic carbocycles. The largest absolute Gasteiger partial charge is 0.399 e. The van der Waals surface area contributed by atoms with Gasteiger partial charge < -0.3 is 21.7 Å². The van der Waals surface area contributed by atoms with Crippen molar-refractivity contribution in [1.82, 2.24) is 20.1 Å². The van der Waals surface area contributed by atoms with Gasteiger partial charge in [0.15, 0.2) is 0 Å². The average Bonchev–Trinajstić information content (AvgIpc) is 3.50. The van der Waals surface area contributed by atoms with Gasteiger partial charge in [-0.2, -0.15) is 5.26 Å². The molecule has 256 valence electrons. The van der Waals surface area contributed by atoms with Gasteiger partial charge in [-0.1, -0.05) is 48.3 Å². The molecule has 0 amide bonds. The fraction of sp³-hybridized carbons (Fsp3) is 0.368. The van der Waals surface area contributed by atoms with E-state index in [1.165, 1.54) is 29.5 Å². The number of nitrogens with zero attached hydrogens (tertiary/aromatic N) is 4. The highest BCUT2D eigenvalue weighted by Crippen LogP contribution is 2.37. The summed E-state index contributed by atoms with van der Waals surface area (Å²) in [4.78, 5) is 9.43. The first-order chi connectivity index (χ1) is 23.4. The number of hydrogen-bond acceptors (Lipinski definition) is 8. The number of rotatable bonds is 9. The summed E-state index contributed by atoms with van der Waals surface area (Å²) in [5, 5.41) is 21.5. The number of nitriles is 1. The molecule has 8 nitrogen and oxygen atoms in total. The Morgan fingerprint density at radius 3 is 2.49 bits per heavy atom. The molecule has 1 aromatic heterocycles. The molecule has 0 radical (unpaired) electrons. The summed E-state index contributed by atoms with van der Waals surface area (Å²) in [5.74, 6) is -0.530. The van der Waals surface area contributed by atoms with Crippen molar-refractivity contribution in [2.24, 2.45) is 5.73 Å². The maximum Gasteiger partial charge on any atom is 0.141 e. The summed E-state index contributed by atoms with van der Waals surface area (Å²) in [6.45, 7) is 13.9. The average molecular weight is 702 g/mol. The van der Waals surface area contributed by atoms with Crippen LogP contribution >= 0.6 is 23.2 Å². The highest BCUT2D eigenvalue weighted by Gasteiger charge is 2.27. The second-order valence-corrected chi connectivity index (χ2v) is 14.7. The van der Waals surface area contributed by atoms with Crippen LogP contribution in [-0.2, 0) is 13.1 Å². The Morgan fingerprint density at radius 2 is 1.80 bits per heavy atom. The number of benzene rings is 3. The van der Waals surface area contributed by atoms with E-state index in [4.69, 9.17) is 28.9 Å². The zero-order valence-corrected chi connectivity index (χ0v) is 29.9. The predicted molar refractivity (Wildman–Crippen MR) is 199 cm³/mol. The van der Waals surface area contributed by atoms with E-state index in [-0.39, 0.29) is 16.6 Å². The minimum atomic E-state index is -0.530. The van der Waals surface area contributed by atoms with Crippen molar-refractivity contribution in [3.63, 3.8) is 0 Å². The van der Waals surface area contributed by atoms with Crippen LogP contribution in [0.25, 0.3) is 10.9 Å². The summed E-state index contributed by atoms with van der Waals surface area (Å²) in [6, 6.07) is 16.8. The summed E-state index contributed by atoms with van der Waals surface area (Å²) < 4.78 is 13.9. The van der Waals surface area contributed by atoms with E-state index in [1.807, 2.05) is 18.3 Å². The van der Waals surface area contributed by atoms with E-state index in [9.17, 15) is 9.65 Å². The van der Waals surface area contributed by atoms with Gasteiger partial charge in [-0.3, -0.25) is 14.8 Å². The van der Waals surface area contributed by atoms with Gasteiger partial charge in [-0.25, -0.2) is 4.39 Å². The van der Waals surface area contributed by atoms with Gasteiger partial charge in [-0.15, -0.1) is 0 Å². The minimum Gasteiger partial charge on any atom is -0.399 e. The quantitative estimate of drug-likeness (QED) is 0.138. The number of likely N-dealkylation sites (tertiary alicyclic amines) is 1. The Balaban J connectivity index is 1.34. The molecule has 1 fully saturated rings. The van der Waals surface area contributed by atoms with E-state index in [2.05, 4.69) is 82.7 Å². The first-order valence-corrected chi connectivity index (χ1v) is 17.5. The number of fused-ring (bicyclic) bond motifs is 2. The second-order valence-electron chi connectivity index (χ2n) is 13.9. The zero-order valence-electron chi connectivity index (χ0n) is 28.4. The molecule has 1 atom stereocenters. The van der Waals surface area contributed by atoms with E-state index in [0.29, 0.717) is 50.3 Å². The Hall–Kier alpha value is -4.07. The van der Waals surface area contributed by atoms with Crippen LogP contribution in [-0.4, -0.2) is 46.0 Å². The standard InChI is InChI=1S/C38H43Cl2FN8/c1-5-48-21-24-7-6-23(14-25(24)22-48)36(34(43)20-44-27-10-12-49(13-11-27)38(2,3)4)47-29-15-30-35(46-28-8-9-33(41)31(39)16-28)26(18-42)19-45-37(30)32(40)17-29/h6-9,14-17,19-20,27,36,44,47H,5,10-13,21-22,43H2,1-4H3,(H,45,46)/b34-20-/t36-/m0/s1. The third-order valence-electron chi connectivity index (χ3n) is 9.61. The highest BCUT2D eigenvalue weighted by molar-refractivity contribution is 6.36. The van der Waals surface area contributed by atoms with Crippen LogP contribution in [0.15, 0.2) is 66.6 Å². The van der Waals surface area contributed by atoms with Gasteiger partial charge in [0.2, 0.25) is 0 Å². The van der Waals surface area contributed by atoms with Gasteiger partial charge in [0.1, 0.15) is 11.9 Å². The molecule has 11 heteroatoms. The Morgan fingerprint density at radius 1 is 1.06 bits per heavy atom. The smallest absolute Gasteiger partial charge is 0.141 e. The van der Waals surface area contributed by atoms with Crippen molar-refractivity contribution in [2.45, 2.75) is 71.2 Å². The van der Waals surface area contributed by atoms with Crippen LogP contribution in [0.2, 0.25) is 10.0 Å². The Kier molecular flexibility index (Phi) is 10.2. The number of pyridine rings is 1. The van der Waals surface area contributed by atoms with Crippen molar-refractivity contribution in [3.8, 4) is 6.07 Å². The SMILES string of the molecule is CCN1Cc2ccc([C@H](Nc3cc(Cl)c4ncc(C#N)c(Nc5ccc(F)c(Cl)c5)c4c3)/C(N)=C/NC3CCN(C(C)(C)C)CC3)cc2C1. The van der Waals surface area contributed by atoms with Crippen LogP contribution in [0.4, 0.5) is 21.5 Å². The molecule has 49 heavy (non-hydrogen) atoms. The van der Waals surface area contributed by atoms with Crippen LogP contribution < -0.4 is 21.7 Å². The van der Waals surface area contributed by atoms with Crippen molar-refractivity contribution < 1.29 is 4.39 Å². The lowest BCUT2D eigenvalue weighted by Gasteiger charge is -2.41. The summed E-state index contributed by atoms with van der Waals surface area (Å²) in [6.07, 6.45) is 5.49. The monoisotopic (exact) mass is 700 g/mol. The minimum absolute atomic E-state index is 0.0304. The summed E-state index contributed by atoms with van der Waals surface area (Å²) in [7, 11) is 0.